The second-order valence-corrected chi connectivity index (χ2v) is 7.76. The quantitative estimate of drug-likeness (QED) is 0.836. The van der Waals surface area contributed by atoms with Crippen LogP contribution in [0.25, 0.3) is 0 Å². The van der Waals surface area contributed by atoms with Crippen LogP contribution in [0, 0.1) is 0 Å². The number of nitrogens with one attached hydrogen (secondary N) is 1. The zero-order chi connectivity index (χ0) is 15.6. The molecule has 0 heterocycles. The molecule has 5 nitrogen and oxygen atoms in total. The molecule has 0 atom stereocenters. The monoisotopic (exact) mass is 312 g/mol. The molecule has 0 amide bonds. The third-order valence-electron chi connectivity index (χ3n) is 3.69. The Kier molecular flexibility index (Phi) is 4.91. The molecular formula is C15H24N2O3S. The maximum Gasteiger partial charge on any atom is 0.243 e. The van der Waals surface area contributed by atoms with Crippen molar-refractivity contribution in [2.45, 2.75) is 50.2 Å². The predicted molar refractivity (Wildman–Crippen MR) is 82.9 cm³/mol. The molecule has 0 spiro atoms. The molecule has 0 aromatic heterocycles. The van der Waals surface area contributed by atoms with Crippen LogP contribution in [0.2, 0.25) is 0 Å². The summed E-state index contributed by atoms with van der Waals surface area (Å²) in [5, 5.41) is 3.29. The van der Waals surface area contributed by atoms with E-state index in [1.807, 2.05) is 13.8 Å². The number of hydrogen-bond acceptors (Lipinski definition) is 4. The van der Waals surface area contributed by atoms with Crippen molar-refractivity contribution in [1.29, 1.82) is 0 Å². The Hall–Kier alpha value is -1.11. The number of benzene rings is 1. The van der Waals surface area contributed by atoms with Crippen LogP contribution in [0.1, 0.15) is 32.3 Å². The van der Waals surface area contributed by atoms with Crippen LogP contribution >= 0.6 is 0 Å². The van der Waals surface area contributed by atoms with Gasteiger partial charge in [-0.2, -0.15) is 4.31 Å². The molecule has 118 valence electrons. The first-order valence-corrected chi connectivity index (χ1v) is 8.68. The summed E-state index contributed by atoms with van der Waals surface area (Å²) in [6, 6.07) is 5.54. The van der Waals surface area contributed by atoms with Crippen LogP contribution in [0.5, 0.6) is 5.75 Å². The van der Waals surface area contributed by atoms with Crippen LogP contribution in [0.15, 0.2) is 23.1 Å². The third-order valence-corrected chi connectivity index (χ3v) is 5.60. The lowest BCUT2D eigenvalue weighted by Crippen LogP contribution is -2.29. The molecule has 0 unspecified atom stereocenters. The highest BCUT2D eigenvalue weighted by Crippen LogP contribution is 2.31. The minimum Gasteiger partial charge on any atom is -0.496 e. The lowest BCUT2D eigenvalue weighted by Gasteiger charge is -2.18. The fourth-order valence-corrected chi connectivity index (χ4v) is 3.64. The van der Waals surface area contributed by atoms with Crippen molar-refractivity contribution in [3.8, 4) is 5.75 Å². The largest absolute Gasteiger partial charge is 0.496 e. The molecule has 2 rings (SSSR count). The molecular weight excluding hydrogens is 288 g/mol. The molecule has 0 bridgehead atoms. The van der Waals surface area contributed by atoms with Gasteiger partial charge in [0.15, 0.2) is 0 Å². The average molecular weight is 312 g/mol. The number of methoxy groups -OCH3 is 1. The Morgan fingerprint density at radius 3 is 2.57 bits per heavy atom. The molecule has 1 saturated carbocycles. The molecule has 0 radical (unpaired) electrons. The molecule has 1 aromatic carbocycles. The first-order valence-electron chi connectivity index (χ1n) is 7.24. The first kappa shape index (κ1) is 16.3. The lowest BCUT2D eigenvalue weighted by molar-refractivity contribution is 0.405. The fourth-order valence-electron chi connectivity index (χ4n) is 2.17. The minimum atomic E-state index is -3.41. The number of ether oxygens (including phenoxy) is 1. The van der Waals surface area contributed by atoms with Crippen molar-refractivity contribution in [3.05, 3.63) is 23.8 Å². The standard InChI is InChI=1S/C15H24N2O3S/c1-11(2)16-10-12-9-14(7-8-15(12)20-4)21(18,19)17(3)13-5-6-13/h7-9,11,13,16H,5-6,10H2,1-4H3. The highest BCUT2D eigenvalue weighted by Gasteiger charge is 2.35. The van der Waals surface area contributed by atoms with E-state index in [9.17, 15) is 8.42 Å². The van der Waals surface area contributed by atoms with Crippen LogP contribution in [0.3, 0.4) is 0 Å². The van der Waals surface area contributed by atoms with E-state index >= 15 is 0 Å². The van der Waals surface area contributed by atoms with Gasteiger partial charge in [-0.05, 0) is 31.0 Å². The van der Waals surface area contributed by atoms with Gasteiger partial charge < -0.3 is 10.1 Å². The molecule has 21 heavy (non-hydrogen) atoms. The number of nitrogens with zero attached hydrogens (tertiary/aromatic N) is 1. The normalized spacial score (nSPS) is 15.7. The Balaban J connectivity index is 2.29. The van der Waals surface area contributed by atoms with E-state index < -0.39 is 10.0 Å². The van der Waals surface area contributed by atoms with Gasteiger partial charge in [0.1, 0.15) is 5.75 Å². The van der Waals surface area contributed by atoms with Crippen molar-refractivity contribution in [2.24, 2.45) is 0 Å². The van der Waals surface area contributed by atoms with Crippen LogP contribution in [0.4, 0.5) is 0 Å². The Labute approximate surface area is 127 Å². The van der Waals surface area contributed by atoms with Gasteiger partial charge in [-0.1, -0.05) is 13.8 Å². The van der Waals surface area contributed by atoms with E-state index in [0.717, 1.165) is 18.4 Å². The summed E-state index contributed by atoms with van der Waals surface area (Å²) in [6.07, 6.45) is 1.90. The van der Waals surface area contributed by atoms with Crippen molar-refractivity contribution in [2.75, 3.05) is 14.2 Å². The van der Waals surface area contributed by atoms with E-state index in [2.05, 4.69) is 5.32 Å². The van der Waals surface area contributed by atoms with E-state index in [4.69, 9.17) is 4.74 Å². The van der Waals surface area contributed by atoms with Gasteiger partial charge in [0.05, 0.1) is 12.0 Å². The summed E-state index contributed by atoms with van der Waals surface area (Å²) in [5.74, 6) is 0.705. The van der Waals surface area contributed by atoms with Crippen LogP contribution < -0.4 is 10.1 Å². The minimum absolute atomic E-state index is 0.161. The van der Waals surface area contributed by atoms with Crippen molar-refractivity contribution in [3.63, 3.8) is 0 Å². The summed E-state index contributed by atoms with van der Waals surface area (Å²) in [6.45, 7) is 4.68. The average Bonchev–Trinajstić information content (AvgIpc) is 3.28. The molecule has 1 N–H and O–H groups in total. The maximum atomic E-state index is 12.6. The van der Waals surface area contributed by atoms with E-state index in [1.54, 1.807) is 32.4 Å². The topological polar surface area (TPSA) is 58.6 Å². The highest BCUT2D eigenvalue weighted by atomic mass is 32.2. The van der Waals surface area contributed by atoms with E-state index in [0.29, 0.717) is 23.2 Å². The fraction of sp³-hybridized carbons (Fsp3) is 0.600. The van der Waals surface area contributed by atoms with Gasteiger partial charge in [0, 0.05) is 31.2 Å². The van der Waals surface area contributed by atoms with Gasteiger partial charge in [-0.15, -0.1) is 0 Å². The van der Waals surface area contributed by atoms with Gasteiger partial charge in [0.2, 0.25) is 10.0 Å². The van der Waals surface area contributed by atoms with Crippen LogP contribution in [-0.4, -0.2) is 39.0 Å². The third kappa shape index (κ3) is 3.75. The number of sulfonamides is 1. The van der Waals surface area contributed by atoms with Gasteiger partial charge in [0.25, 0.3) is 0 Å². The molecule has 1 aliphatic rings. The first-order chi connectivity index (χ1) is 9.86. The Bertz CT molecular complexity index is 595. The summed E-state index contributed by atoms with van der Waals surface area (Å²) in [4.78, 5) is 0.332. The predicted octanol–water partition coefficient (Wildman–Crippen LogP) is 1.98. The molecule has 6 heteroatoms. The second-order valence-electron chi connectivity index (χ2n) is 5.76. The Morgan fingerprint density at radius 1 is 1.38 bits per heavy atom. The molecule has 1 fully saturated rings. The summed E-state index contributed by atoms with van der Waals surface area (Å²) < 4.78 is 31.9. The maximum absolute atomic E-state index is 12.6. The molecule has 1 aromatic rings. The lowest BCUT2D eigenvalue weighted by atomic mass is 10.2. The van der Waals surface area contributed by atoms with Gasteiger partial charge in [-0.25, -0.2) is 8.42 Å². The summed E-state index contributed by atoms with van der Waals surface area (Å²) in [7, 11) is -0.160. The van der Waals surface area contributed by atoms with Gasteiger partial charge in [-0.3, -0.25) is 0 Å². The molecule has 0 saturated heterocycles. The van der Waals surface area contributed by atoms with Gasteiger partial charge >= 0.3 is 0 Å². The molecule has 0 aliphatic heterocycles. The number of rotatable bonds is 7. The smallest absolute Gasteiger partial charge is 0.243 e. The van der Waals surface area contributed by atoms with E-state index in [-0.39, 0.29) is 6.04 Å². The van der Waals surface area contributed by atoms with Crippen molar-refractivity contribution >= 4 is 10.0 Å². The van der Waals surface area contributed by atoms with Crippen LogP contribution in [-0.2, 0) is 16.6 Å². The highest BCUT2D eigenvalue weighted by molar-refractivity contribution is 7.89. The van der Waals surface area contributed by atoms with Crippen molar-refractivity contribution in [1.82, 2.24) is 9.62 Å². The Morgan fingerprint density at radius 2 is 2.05 bits per heavy atom. The number of hydrogen-bond donors (Lipinski definition) is 1. The van der Waals surface area contributed by atoms with Crippen molar-refractivity contribution < 1.29 is 13.2 Å². The molecule has 1 aliphatic carbocycles. The summed E-state index contributed by atoms with van der Waals surface area (Å²) >= 11 is 0. The zero-order valence-corrected chi connectivity index (χ0v) is 13.9. The second kappa shape index (κ2) is 6.34. The summed E-state index contributed by atoms with van der Waals surface area (Å²) in [5.41, 5.74) is 0.858. The van der Waals surface area contributed by atoms with E-state index in [1.165, 1.54) is 4.31 Å². The zero-order valence-electron chi connectivity index (χ0n) is 13.1. The SMILES string of the molecule is COc1ccc(S(=O)(=O)N(C)C2CC2)cc1CNC(C)C.